The van der Waals surface area contributed by atoms with Crippen LogP contribution in [0.1, 0.15) is 36.3 Å². The Bertz CT molecular complexity index is 529. The number of sulfone groups is 1. The molecule has 1 saturated heterocycles. The van der Waals surface area contributed by atoms with Crippen LogP contribution in [0.5, 0.6) is 0 Å². The van der Waals surface area contributed by atoms with Gasteiger partial charge in [-0.05, 0) is 36.3 Å². The molecule has 0 bridgehead atoms. The maximum absolute atomic E-state index is 11.4. The molecular formula is C13H17NO2S. The fraction of sp³-hybridized carbons (Fsp3) is 0.538. The summed E-state index contributed by atoms with van der Waals surface area (Å²) in [6.45, 7) is 0. The molecule has 1 aromatic carbocycles. The second kappa shape index (κ2) is 3.56. The molecule has 1 aliphatic carbocycles. The van der Waals surface area contributed by atoms with Crippen molar-refractivity contribution in [2.45, 2.75) is 30.7 Å². The van der Waals surface area contributed by atoms with Gasteiger partial charge in [-0.25, -0.2) is 8.42 Å². The van der Waals surface area contributed by atoms with E-state index in [0.717, 1.165) is 24.8 Å². The summed E-state index contributed by atoms with van der Waals surface area (Å²) in [6.07, 6.45) is 2.88. The highest BCUT2D eigenvalue weighted by Crippen LogP contribution is 2.43. The Morgan fingerprint density at radius 3 is 2.29 bits per heavy atom. The smallest absolute Gasteiger partial charge is 0.150 e. The first kappa shape index (κ1) is 11.2. The molecule has 1 unspecified atom stereocenters. The molecular weight excluding hydrogens is 234 g/mol. The summed E-state index contributed by atoms with van der Waals surface area (Å²) < 4.78 is 22.9. The number of rotatable bonds is 2. The van der Waals surface area contributed by atoms with Crippen molar-refractivity contribution < 1.29 is 8.42 Å². The van der Waals surface area contributed by atoms with Crippen molar-refractivity contribution in [1.29, 1.82) is 0 Å². The van der Waals surface area contributed by atoms with E-state index in [-0.39, 0.29) is 11.5 Å². The summed E-state index contributed by atoms with van der Waals surface area (Å²) in [7, 11) is -2.79. The molecule has 92 valence electrons. The largest absolute Gasteiger partial charge is 0.321 e. The molecule has 1 aliphatic heterocycles. The van der Waals surface area contributed by atoms with Gasteiger partial charge in [0.15, 0.2) is 9.84 Å². The highest BCUT2D eigenvalue weighted by molar-refractivity contribution is 7.91. The Morgan fingerprint density at radius 2 is 1.82 bits per heavy atom. The van der Waals surface area contributed by atoms with Gasteiger partial charge in [-0.1, -0.05) is 24.3 Å². The number of hydrogen-bond donors (Lipinski definition) is 1. The van der Waals surface area contributed by atoms with Crippen LogP contribution in [0.4, 0.5) is 0 Å². The average Bonchev–Trinajstić information content (AvgIpc) is 2.94. The Kier molecular flexibility index (Phi) is 2.35. The van der Waals surface area contributed by atoms with Crippen LogP contribution in [0.25, 0.3) is 0 Å². The molecule has 1 atom stereocenters. The normalized spacial score (nSPS) is 29.1. The average molecular weight is 251 g/mol. The Hall–Kier alpha value is -0.870. The summed E-state index contributed by atoms with van der Waals surface area (Å²) in [6, 6.07) is 8.22. The third kappa shape index (κ3) is 2.11. The highest BCUT2D eigenvalue weighted by atomic mass is 32.2. The van der Waals surface area contributed by atoms with Crippen LogP contribution in [0, 0.1) is 0 Å². The van der Waals surface area contributed by atoms with E-state index in [0.29, 0.717) is 11.5 Å². The molecule has 3 rings (SSSR count). The fourth-order valence-corrected chi connectivity index (χ4v) is 4.35. The number of nitrogens with two attached hydrogens (primary N) is 1. The van der Waals surface area contributed by atoms with Gasteiger partial charge in [0.2, 0.25) is 0 Å². The highest BCUT2D eigenvalue weighted by Gasteiger charge is 2.40. The molecule has 4 heteroatoms. The van der Waals surface area contributed by atoms with Crippen LogP contribution in [-0.2, 0) is 15.4 Å². The zero-order chi connectivity index (χ0) is 12.1. The minimum Gasteiger partial charge on any atom is -0.321 e. The van der Waals surface area contributed by atoms with Crippen molar-refractivity contribution in [3.8, 4) is 0 Å². The summed E-state index contributed by atoms with van der Waals surface area (Å²) in [5.74, 6) is 0.822. The molecule has 0 spiro atoms. The molecule has 3 nitrogen and oxygen atoms in total. The summed E-state index contributed by atoms with van der Waals surface area (Å²) in [5, 5.41) is 0. The lowest BCUT2D eigenvalue weighted by Gasteiger charge is -2.12. The second-order valence-corrected chi connectivity index (χ2v) is 7.61. The van der Waals surface area contributed by atoms with Gasteiger partial charge in [0, 0.05) is 5.54 Å². The van der Waals surface area contributed by atoms with Crippen LogP contribution in [0.3, 0.4) is 0 Å². The maximum atomic E-state index is 11.4. The summed E-state index contributed by atoms with van der Waals surface area (Å²) in [5.41, 5.74) is 8.34. The lowest BCUT2D eigenvalue weighted by atomic mass is 9.95. The minimum absolute atomic E-state index is 0.0969. The molecule has 17 heavy (non-hydrogen) atoms. The van der Waals surface area contributed by atoms with Crippen molar-refractivity contribution in [3.63, 3.8) is 0 Å². The van der Waals surface area contributed by atoms with Crippen LogP contribution in [0.2, 0.25) is 0 Å². The Balaban J connectivity index is 1.81. The van der Waals surface area contributed by atoms with Crippen molar-refractivity contribution in [3.05, 3.63) is 35.4 Å². The quantitative estimate of drug-likeness (QED) is 0.867. The first-order valence-corrected chi connectivity index (χ1v) is 7.90. The van der Waals surface area contributed by atoms with E-state index in [1.165, 1.54) is 5.56 Å². The molecule has 1 heterocycles. The first-order chi connectivity index (χ1) is 7.99. The van der Waals surface area contributed by atoms with E-state index in [1.54, 1.807) is 0 Å². The molecule has 2 fully saturated rings. The van der Waals surface area contributed by atoms with E-state index in [1.807, 2.05) is 12.1 Å². The minimum atomic E-state index is -2.79. The summed E-state index contributed by atoms with van der Waals surface area (Å²) >= 11 is 0. The first-order valence-electron chi connectivity index (χ1n) is 6.08. The van der Waals surface area contributed by atoms with Gasteiger partial charge in [0.1, 0.15) is 0 Å². The maximum Gasteiger partial charge on any atom is 0.150 e. The Morgan fingerprint density at radius 1 is 1.18 bits per heavy atom. The zero-order valence-corrected chi connectivity index (χ0v) is 10.5. The van der Waals surface area contributed by atoms with E-state index in [2.05, 4.69) is 12.1 Å². The van der Waals surface area contributed by atoms with Crippen molar-refractivity contribution in [2.24, 2.45) is 5.73 Å². The zero-order valence-electron chi connectivity index (χ0n) is 9.72. The van der Waals surface area contributed by atoms with Crippen LogP contribution >= 0.6 is 0 Å². The van der Waals surface area contributed by atoms with E-state index in [9.17, 15) is 8.42 Å². The van der Waals surface area contributed by atoms with E-state index >= 15 is 0 Å². The molecule has 0 aromatic heterocycles. The molecule has 1 aromatic rings. The van der Waals surface area contributed by atoms with Gasteiger partial charge < -0.3 is 5.73 Å². The van der Waals surface area contributed by atoms with E-state index < -0.39 is 9.84 Å². The van der Waals surface area contributed by atoms with Crippen LogP contribution in [-0.4, -0.2) is 19.9 Å². The number of benzene rings is 1. The second-order valence-electron chi connectivity index (χ2n) is 5.38. The van der Waals surface area contributed by atoms with Crippen LogP contribution < -0.4 is 5.73 Å². The molecule has 2 N–H and O–H groups in total. The molecule has 2 aliphatic rings. The van der Waals surface area contributed by atoms with Gasteiger partial charge in [-0.3, -0.25) is 0 Å². The van der Waals surface area contributed by atoms with Gasteiger partial charge in [-0.15, -0.1) is 0 Å². The molecule has 0 amide bonds. The summed E-state index contributed by atoms with van der Waals surface area (Å²) in [4.78, 5) is 0. The van der Waals surface area contributed by atoms with Crippen molar-refractivity contribution in [1.82, 2.24) is 0 Å². The predicted molar refractivity (Wildman–Crippen MR) is 67.6 cm³/mol. The topological polar surface area (TPSA) is 60.2 Å². The standard InChI is InChI=1S/C13H17NO2S/c14-13(6-7-13)12-3-1-10(2-4-12)11-5-8-17(15,16)9-11/h1-4,11H,5-9,14H2. The van der Waals surface area contributed by atoms with Gasteiger partial charge >= 0.3 is 0 Å². The van der Waals surface area contributed by atoms with Crippen molar-refractivity contribution in [2.75, 3.05) is 11.5 Å². The van der Waals surface area contributed by atoms with Crippen molar-refractivity contribution >= 4 is 9.84 Å². The predicted octanol–water partition coefficient (Wildman–Crippen LogP) is 1.54. The fourth-order valence-electron chi connectivity index (χ4n) is 2.57. The van der Waals surface area contributed by atoms with Gasteiger partial charge in [-0.2, -0.15) is 0 Å². The Labute approximate surface area is 102 Å². The lowest BCUT2D eigenvalue weighted by Crippen LogP contribution is -2.18. The van der Waals surface area contributed by atoms with E-state index in [4.69, 9.17) is 5.73 Å². The van der Waals surface area contributed by atoms with Gasteiger partial charge in [0.05, 0.1) is 11.5 Å². The van der Waals surface area contributed by atoms with Gasteiger partial charge in [0.25, 0.3) is 0 Å². The lowest BCUT2D eigenvalue weighted by molar-refractivity contribution is 0.601. The third-order valence-corrected chi connectivity index (χ3v) is 5.75. The van der Waals surface area contributed by atoms with Crippen LogP contribution in [0.15, 0.2) is 24.3 Å². The SMILES string of the molecule is NC1(c2ccc(C3CCS(=O)(=O)C3)cc2)CC1. The number of hydrogen-bond acceptors (Lipinski definition) is 3. The third-order valence-electron chi connectivity index (χ3n) is 3.98. The molecule has 0 radical (unpaired) electrons. The molecule has 1 saturated carbocycles. The monoisotopic (exact) mass is 251 g/mol.